The summed E-state index contributed by atoms with van der Waals surface area (Å²) in [6.07, 6.45) is -3.66. The number of carbonyl (C=O) groups is 1. The maximum atomic E-state index is 13.0. The molecule has 1 unspecified atom stereocenters. The van der Waals surface area contributed by atoms with E-state index in [1.165, 1.54) is 12.1 Å². The van der Waals surface area contributed by atoms with Crippen molar-refractivity contribution in [3.63, 3.8) is 0 Å². The molecule has 1 atom stereocenters. The number of hydrogen-bond acceptors (Lipinski definition) is 2. The number of amides is 1. The second-order valence-corrected chi connectivity index (χ2v) is 5.05. The third-order valence-corrected chi connectivity index (χ3v) is 3.46. The number of halogens is 4. The largest absolute Gasteiger partial charge is 0.405 e. The summed E-state index contributed by atoms with van der Waals surface area (Å²) in [5.41, 5.74) is 3.04. The van der Waals surface area contributed by atoms with Crippen molar-refractivity contribution in [1.29, 1.82) is 0 Å². The predicted molar refractivity (Wildman–Crippen MR) is 68.6 cm³/mol. The molecule has 1 heterocycles. The van der Waals surface area contributed by atoms with Gasteiger partial charge in [0.05, 0.1) is 0 Å². The Morgan fingerprint density at radius 3 is 2.43 bits per heavy atom. The lowest BCUT2D eigenvalue weighted by molar-refractivity contribution is -0.190. The minimum absolute atomic E-state index is 0.0690. The van der Waals surface area contributed by atoms with Crippen molar-refractivity contribution in [3.05, 3.63) is 35.6 Å². The summed E-state index contributed by atoms with van der Waals surface area (Å²) in [6.45, 7) is 0.0690. The van der Waals surface area contributed by atoms with E-state index in [4.69, 9.17) is 0 Å². The Morgan fingerprint density at radius 2 is 1.90 bits per heavy atom. The van der Waals surface area contributed by atoms with E-state index < -0.39 is 12.2 Å². The molecule has 1 N–H and O–H groups in total. The molecule has 1 aliphatic heterocycles. The van der Waals surface area contributed by atoms with Gasteiger partial charge in [0.2, 0.25) is 5.91 Å². The van der Waals surface area contributed by atoms with Gasteiger partial charge in [0.1, 0.15) is 11.9 Å². The highest BCUT2D eigenvalue weighted by Crippen LogP contribution is 2.29. The van der Waals surface area contributed by atoms with E-state index in [2.05, 4.69) is 5.43 Å². The summed E-state index contributed by atoms with van der Waals surface area (Å²) in [5.74, 6) is -0.755. The minimum atomic E-state index is -4.39. The SMILES string of the molecule is O=C1CCN(C(CCCc2ccc(F)cc2)C(F)(F)F)N1. The van der Waals surface area contributed by atoms with Crippen molar-refractivity contribution in [2.24, 2.45) is 0 Å². The quantitative estimate of drug-likeness (QED) is 0.848. The predicted octanol–water partition coefficient (Wildman–Crippen LogP) is 2.82. The summed E-state index contributed by atoms with van der Waals surface area (Å²) in [4.78, 5) is 11.1. The lowest BCUT2D eigenvalue weighted by Crippen LogP contribution is -2.49. The van der Waals surface area contributed by atoms with E-state index in [1.54, 1.807) is 12.1 Å². The van der Waals surface area contributed by atoms with Gasteiger partial charge in [-0.1, -0.05) is 12.1 Å². The van der Waals surface area contributed by atoms with Crippen molar-refractivity contribution in [2.75, 3.05) is 6.54 Å². The van der Waals surface area contributed by atoms with Crippen LogP contribution < -0.4 is 5.43 Å². The second kappa shape index (κ2) is 6.43. The highest BCUT2D eigenvalue weighted by Gasteiger charge is 2.45. The Hall–Kier alpha value is -1.63. The summed E-state index contributed by atoms with van der Waals surface area (Å²) < 4.78 is 51.8. The summed E-state index contributed by atoms with van der Waals surface area (Å²) in [5, 5.41) is 0.965. The van der Waals surface area contributed by atoms with Gasteiger partial charge in [0.15, 0.2) is 0 Å². The van der Waals surface area contributed by atoms with Crippen molar-refractivity contribution in [3.8, 4) is 0 Å². The van der Waals surface area contributed by atoms with Crippen LogP contribution in [0.4, 0.5) is 17.6 Å². The van der Waals surface area contributed by atoms with Gasteiger partial charge in [-0.05, 0) is 37.0 Å². The maximum absolute atomic E-state index is 13.0. The number of rotatable bonds is 5. The van der Waals surface area contributed by atoms with E-state index in [0.29, 0.717) is 12.8 Å². The summed E-state index contributed by atoms with van der Waals surface area (Å²) in [6, 6.07) is 4.03. The number of aryl methyl sites for hydroxylation is 1. The van der Waals surface area contributed by atoms with Crippen LogP contribution in [0.25, 0.3) is 0 Å². The molecular weight excluding hydrogens is 288 g/mol. The zero-order chi connectivity index (χ0) is 15.5. The lowest BCUT2D eigenvalue weighted by Gasteiger charge is -2.28. The average Bonchev–Trinajstić information content (AvgIpc) is 2.81. The first kappa shape index (κ1) is 15.8. The van der Waals surface area contributed by atoms with Crippen LogP contribution in [0.1, 0.15) is 24.8 Å². The monoisotopic (exact) mass is 304 g/mol. The first-order chi connectivity index (χ1) is 9.86. The van der Waals surface area contributed by atoms with Crippen LogP contribution in [0.2, 0.25) is 0 Å². The molecule has 0 aliphatic carbocycles. The molecule has 1 fully saturated rings. The number of benzene rings is 1. The molecule has 7 heteroatoms. The maximum Gasteiger partial charge on any atom is 0.405 e. The summed E-state index contributed by atoms with van der Waals surface area (Å²) in [7, 11) is 0. The Labute approximate surface area is 119 Å². The Bertz CT molecular complexity index is 487. The third-order valence-electron chi connectivity index (χ3n) is 3.46. The zero-order valence-electron chi connectivity index (χ0n) is 11.3. The number of carbonyl (C=O) groups excluding carboxylic acids is 1. The van der Waals surface area contributed by atoms with Crippen LogP contribution in [0.15, 0.2) is 24.3 Å². The molecule has 1 aromatic carbocycles. The Kier molecular flexibility index (Phi) is 4.82. The highest BCUT2D eigenvalue weighted by molar-refractivity contribution is 5.77. The first-order valence-electron chi connectivity index (χ1n) is 6.73. The molecule has 1 saturated heterocycles. The molecule has 0 spiro atoms. The Balaban J connectivity index is 1.90. The number of alkyl halides is 3. The van der Waals surface area contributed by atoms with Crippen molar-refractivity contribution >= 4 is 5.91 Å². The van der Waals surface area contributed by atoms with Crippen LogP contribution in [0, 0.1) is 5.82 Å². The van der Waals surface area contributed by atoms with Crippen LogP contribution >= 0.6 is 0 Å². The fraction of sp³-hybridized carbons (Fsp3) is 0.500. The van der Waals surface area contributed by atoms with E-state index in [-0.39, 0.29) is 31.1 Å². The molecule has 0 bridgehead atoms. The molecule has 1 aromatic rings. The van der Waals surface area contributed by atoms with E-state index in [0.717, 1.165) is 10.6 Å². The van der Waals surface area contributed by atoms with E-state index >= 15 is 0 Å². The van der Waals surface area contributed by atoms with Crippen LogP contribution in [-0.2, 0) is 11.2 Å². The van der Waals surface area contributed by atoms with Crippen molar-refractivity contribution in [1.82, 2.24) is 10.4 Å². The normalized spacial score (nSPS) is 17.8. The van der Waals surface area contributed by atoms with Gasteiger partial charge in [-0.2, -0.15) is 13.2 Å². The van der Waals surface area contributed by atoms with Gasteiger partial charge < -0.3 is 0 Å². The number of hydrogen-bond donors (Lipinski definition) is 1. The molecular formula is C14H16F4N2O. The standard InChI is InChI=1S/C14H16F4N2O/c15-11-6-4-10(5-7-11)2-1-3-12(14(16,17)18)20-9-8-13(21)19-20/h4-7,12H,1-3,8-9H2,(H,19,21). The molecule has 21 heavy (non-hydrogen) atoms. The molecule has 116 valence electrons. The van der Waals surface area contributed by atoms with Gasteiger partial charge in [-0.15, -0.1) is 0 Å². The van der Waals surface area contributed by atoms with Crippen LogP contribution in [0.5, 0.6) is 0 Å². The van der Waals surface area contributed by atoms with Gasteiger partial charge in [-0.25, -0.2) is 9.40 Å². The van der Waals surface area contributed by atoms with Gasteiger partial charge >= 0.3 is 6.18 Å². The van der Waals surface area contributed by atoms with Crippen LogP contribution in [-0.4, -0.2) is 29.7 Å². The Morgan fingerprint density at radius 1 is 1.24 bits per heavy atom. The number of nitrogens with zero attached hydrogens (tertiary/aromatic N) is 1. The minimum Gasteiger partial charge on any atom is -0.288 e. The lowest BCUT2D eigenvalue weighted by atomic mass is 10.0. The highest BCUT2D eigenvalue weighted by atomic mass is 19.4. The molecule has 1 amide bonds. The zero-order valence-corrected chi connectivity index (χ0v) is 11.3. The fourth-order valence-electron chi connectivity index (χ4n) is 2.37. The molecule has 0 aromatic heterocycles. The van der Waals surface area contributed by atoms with E-state index in [1.807, 2.05) is 0 Å². The molecule has 1 aliphatic rings. The number of hydrazine groups is 1. The molecule has 2 rings (SSSR count). The fourth-order valence-corrected chi connectivity index (χ4v) is 2.37. The second-order valence-electron chi connectivity index (χ2n) is 5.05. The van der Waals surface area contributed by atoms with E-state index in [9.17, 15) is 22.4 Å². The topological polar surface area (TPSA) is 32.3 Å². The van der Waals surface area contributed by atoms with Crippen molar-refractivity contribution < 1.29 is 22.4 Å². The van der Waals surface area contributed by atoms with Crippen molar-refractivity contribution in [2.45, 2.75) is 37.9 Å². The average molecular weight is 304 g/mol. The molecule has 3 nitrogen and oxygen atoms in total. The molecule has 0 radical (unpaired) electrons. The van der Waals surface area contributed by atoms with Gasteiger partial charge in [0, 0.05) is 13.0 Å². The smallest absolute Gasteiger partial charge is 0.288 e. The first-order valence-corrected chi connectivity index (χ1v) is 6.73. The third kappa shape index (κ3) is 4.42. The number of nitrogens with one attached hydrogen (secondary N) is 1. The van der Waals surface area contributed by atoms with Crippen LogP contribution in [0.3, 0.4) is 0 Å². The van der Waals surface area contributed by atoms with Gasteiger partial charge in [0.25, 0.3) is 0 Å². The molecule has 0 saturated carbocycles. The van der Waals surface area contributed by atoms with Gasteiger partial charge in [-0.3, -0.25) is 10.2 Å². The summed E-state index contributed by atoms with van der Waals surface area (Å²) >= 11 is 0.